The molecule has 0 aromatic heterocycles. The highest BCUT2D eigenvalue weighted by Gasteiger charge is 2.41. The van der Waals surface area contributed by atoms with Crippen LogP contribution >= 0.6 is 0 Å². The molecule has 62 heavy (non-hydrogen) atoms. The van der Waals surface area contributed by atoms with E-state index in [1.165, 1.54) is 19.1 Å². The third-order valence-corrected chi connectivity index (χ3v) is 13.0. The van der Waals surface area contributed by atoms with Crippen LogP contribution in [0.25, 0.3) is 11.1 Å². The van der Waals surface area contributed by atoms with Gasteiger partial charge in [0.05, 0.1) is 32.6 Å². The van der Waals surface area contributed by atoms with Gasteiger partial charge in [0.25, 0.3) is 0 Å². The third kappa shape index (κ3) is 9.74. The summed E-state index contributed by atoms with van der Waals surface area (Å²) in [6.45, 7) is 11.7. The molecule has 2 aliphatic carbocycles. The van der Waals surface area contributed by atoms with Crippen molar-refractivity contribution in [3.63, 3.8) is 0 Å². The van der Waals surface area contributed by atoms with E-state index in [2.05, 4.69) is 11.9 Å². The van der Waals surface area contributed by atoms with Gasteiger partial charge >= 0.3 is 18.0 Å². The SMILES string of the molecule is C=C(OCC(=O)c1ccc(-c2ccc(C(=O)COC(=O)[C@@H]3CCCN3C(=O)[C@@H](CC(=O)OC)C(C)C)c3c2CCC3)c2c1CCC2)[C@@H]1CCCN1C(=O)[C@@H](NC(=O)OC)C(C)C. The van der Waals surface area contributed by atoms with Gasteiger partial charge in [0.2, 0.25) is 17.6 Å². The quantitative estimate of drug-likeness (QED) is 0.0860. The number of nitrogens with one attached hydrogen (secondary N) is 1. The minimum Gasteiger partial charge on any atom is -0.488 e. The number of alkyl carbamates (subject to hydrolysis) is 1. The molecule has 0 radical (unpaired) electrons. The highest BCUT2D eigenvalue weighted by Crippen LogP contribution is 2.41. The number of nitrogens with zero attached hydrogens (tertiary/aromatic N) is 2. The summed E-state index contributed by atoms with van der Waals surface area (Å²) in [6.07, 6.45) is 6.47. The molecule has 3 amide bonds. The van der Waals surface area contributed by atoms with Gasteiger partial charge in [0, 0.05) is 24.2 Å². The first kappa shape index (κ1) is 46.0. The number of hydrogen-bond acceptors (Lipinski definition) is 11. The van der Waals surface area contributed by atoms with E-state index in [0.717, 1.165) is 71.9 Å². The maximum Gasteiger partial charge on any atom is 0.407 e. The first-order chi connectivity index (χ1) is 29.7. The average Bonchev–Trinajstić information content (AvgIpc) is 4.11. The van der Waals surface area contributed by atoms with Crippen LogP contribution in [0.3, 0.4) is 0 Å². The summed E-state index contributed by atoms with van der Waals surface area (Å²) < 4.78 is 21.1. The standard InChI is InChI=1S/C48H61N3O11/c1-27(2)38(24-43(54)59-6)45(55)51-23-11-17-40(51)47(57)62-26-42(53)37-21-19-35(31-13-9-15-33(31)37)34-18-20-36(32-14-8-12-30(32)34)41(52)25-61-29(5)39-16-10-22-50(39)46(56)44(28(3)4)49-48(58)60-7/h18-21,27-28,38-40,44H,5,8-17,22-26H2,1-4,6-7H3,(H,49,58)/t38-,39-,40-,44-/m0/s1. The molecule has 2 aromatic carbocycles. The Labute approximate surface area is 364 Å². The first-order valence-corrected chi connectivity index (χ1v) is 22.0. The van der Waals surface area contributed by atoms with Crippen molar-refractivity contribution in [1.29, 1.82) is 0 Å². The number of rotatable bonds is 17. The second-order valence-corrected chi connectivity index (χ2v) is 17.5. The van der Waals surface area contributed by atoms with Crippen LogP contribution in [0.2, 0.25) is 0 Å². The van der Waals surface area contributed by atoms with Gasteiger partial charge in [-0.15, -0.1) is 0 Å². The zero-order valence-electron chi connectivity index (χ0n) is 37.0. The van der Waals surface area contributed by atoms with E-state index in [9.17, 15) is 33.6 Å². The van der Waals surface area contributed by atoms with Crippen molar-refractivity contribution in [2.45, 2.75) is 116 Å². The van der Waals surface area contributed by atoms with E-state index < -0.39 is 48.7 Å². The lowest BCUT2D eigenvalue weighted by molar-refractivity contribution is -0.155. The highest BCUT2D eigenvalue weighted by molar-refractivity contribution is 6.02. The Kier molecular flexibility index (Phi) is 14.9. The molecule has 1 N–H and O–H groups in total. The summed E-state index contributed by atoms with van der Waals surface area (Å²) in [5, 5.41) is 2.64. The van der Waals surface area contributed by atoms with Crippen molar-refractivity contribution in [3.8, 4) is 11.1 Å². The van der Waals surface area contributed by atoms with E-state index in [-0.39, 0.29) is 48.2 Å². The molecule has 2 saturated heterocycles. The number of benzene rings is 2. The number of Topliss-reactive ketones (excluding diaryl/α,β-unsaturated/α-hetero) is 2. The van der Waals surface area contributed by atoms with E-state index >= 15 is 0 Å². The van der Waals surface area contributed by atoms with Crippen molar-refractivity contribution in [3.05, 3.63) is 70.0 Å². The molecule has 0 unspecified atom stereocenters. The Morgan fingerprint density at radius 3 is 1.69 bits per heavy atom. The minimum atomic E-state index is -0.821. The molecule has 6 rings (SSSR count). The molecule has 334 valence electrons. The second kappa shape index (κ2) is 20.1. The van der Waals surface area contributed by atoms with Crippen LogP contribution in [0.15, 0.2) is 36.6 Å². The predicted octanol–water partition coefficient (Wildman–Crippen LogP) is 5.97. The van der Waals surface area contributed by atoms with Gasteiger partial charge in [0.15, 0.2) is 19.0 Å². The average molecular weight is 856 g/mol. The van der Waals surface area contributed by atoms with Crippen LogP contribution in [0.4, 0.5) is 4.79 Å². The molecule has 0 bridgehead atoms. The minimum absolute atomic E-state index is 0.0766. The van der Waals surface area contributed by atoms with Gasteiger partial charge in [-0.25, -0.2) is 9.59 Å². The number of ketones is 2. The first-order valence-electron chi connectivity index (χ1n) is 22.0. The summed E-state index contributed by atoms with van der Waals surface area (Å²) in [7, 11) is 2.53. The van der Waals surface area contributed by atoms with Crippen LogP contribution in [-0.2, 0) is 63.8 Å². The van der Waals surface area contributed by atoms with Gasteiger partial charge < -0.3 is 34.1 Å². The fraction of sp³-hybridized carbons (Fsp3) is 0.562. The number of methoxy groups -OCH3 is 2. The second-order valence-electron chi connectivity index (χ2n) is 17.5. The van der Waals surface area contributed by atoms with Crippen LogP contribution in [-0.4, -0.2) is 110 Å². The molecule has 4 atom stereocenters. The van der Waals surface area contributed by atoms with Crippen molar-refractivity contribution < 1.29 is 52.5 Å². The lowest BCUT2D eigenvalue weighted by Crippen LogP contribution is -2.52. The predicted molar refractivity (Wildman–Crippen MR) is 229 cm³/mol. The fourth-order valence-electron chi connectivity index (χ4n) is 9.68. The van der Waals surface area contributed by atoms with Crippen LogP contribution < -0.4 is 5.32 Å². The Hall–Kier alpha value is -5.53. The van der Waals surface area contributed by atoms with Crippen molar-refractivity contribution in [1.82, 2.24) is 15.1 Å². The maximum absolute atomic E-state index is 13.8. The summed E-state index contributed by atoms with van der Waals surface area (Å²) >= 11 is 0. The normalized spacial score (nSPS) is 18.8. The number of fused-ring (bicyclic) bond motifs is 2. The zero-order valence-corrected chi connectivity index (χ0v) is 37.0. The summed E-state index contributed by atoms with van der Waals surface area (Å²) in [4.78, 5) is 95.0. The smallest absolute Gasteiger partial charge is 0.407 e. The molecule has 0 spiro atoms. The lowest BCUT2D eigenvalue weighted by atomic mass is 9.87. The van der Waals surface area contributed by atoms with Gasteiger partial charge in [-0.1, -0.05) is 58.5 Å². The molecule has 2 heterocycles. The monoisotopic (exact) mass is 855 g/mol. The molecule has 4 aliphatic rings. The van der Waals surface area contributed by atoms with Crippen molar-refractivity contribution in [2.24, 2.45) is 17.8 Å². The third-order valence-electron chi connectivity index (χ3n) is 13.0. The number of hydrogen-bond donors (Lipinski definition) is 1. The highest BCUT2D eigenvalue weighted by atomic mass is 16.5. The summed E-state index contributed by atoms with van der Waals surface area (Å²) in [6, 6.07) is 5.60. The number of likely N-dealkylation sites (tertiary alicyclic amines) is 2. The largest absolute Gasteiger partial charge is 0.488 e. The fourth-order valence-corrected chi connectivity index (χ4v) is 9.68. The van der Waals surface area contributed by atoms with Gasteiger partial charge in [-0.05, 0) is 109 Å². The molecule has 2 fully saturated rings. The van der Waals surface area contributed by atoms with Gasteiger partial charge in [-0.3, -0.25) is 24.0 Å². The zero-order chi connectivity index (χ0) is 44.8. The van der Waals surface area contributed by atoms with E-state index in [4.69, 9.17) is 18.9 Å². The van der Waals surface area contributed by atoms with Crippen LogP contribution in [0, 0.1) is 17.8 Å². The topological polar surface area (TPSA) is 175 Å². The number of ether oxygens (including phenoxy) is 4. The van der Waals surface area contributed by atoms with E-state index in [1.54, 1.807) is 4.90 Å². The van der Waals surface area contributed by atoms with Gasteiger partial charge in [-0.2, -0.15) is 0 Å². The molecule has 14 nitrogen and oxygen atoms in total. The number of esters is 2. The molecule has 2 aliphatic heterocycles. The molecule has 0 saturated carbocycles. The number of carbonyl (C=O) groups is 7. The van der Waals surface area contributed by atoms with Crippen LogP contribution in [0.5, 0.6) is 0 Å². The van der Waals surface area contributed by atoms with Crippen molar-refractivity contribution in [2.75, 3.05) is 40.5 Å². The maximum atomic E-state index is 13.8. The Bertz CT molecular complexity index is 1960. The summed E-state index contributed by atoms with van der Waals surface area (Å²) in [5.41, 5.74) is 7.35. The van der Waals surface area contributed by atoms with E-state index in [1.807, 2.05) is 52.0 Å². The summed E-state index contributed by atoms with van der Waals surface area (Å²) in [5.74, 6) is -2.75. The number of carbonyl (C=O) groups excluding carboxylic acids is 7. The van der Waals surface area contributed by atoms with Crippen LogP contribution in [0.1, 0.15) is 116 Å². The Morgan fingerprint density at radius 2 is 1.18 bits per heavy atom. The number of amides is 3. The van der Waals surface area contributed by atoms with Gasteiger partial charge in [0.1, 0.15) is 17.8 Å². The molecular formula is C48H61N3O11. The Balaban J connectivity index is 1.11. The van der Waals surface area contributed by atoms with E-state index in [0.29, 0.717) is 55.7 Å². The van der Waals surface area contributed by atoms with Crippen molar-refractivity contribution >= 4 is 41.4 Å². The molecule has 2 aromatic rings. The lowest BCUT2D eigenvalue weighted by Gasteiger charge is -2.31. The molecule has 14 heteroatoms. The molecular weight excluding hydrogens is 795 g/mol. The Morgan fingerprint density at radius 1 is 0.661 bits per heavy atom.